The van der Waals surface area contributed by atoms with Gasteiger partial charge in [0, 0.05) is 48.5 Å². The van der Waals surface area contributed by atoms with Crippen LogP contribution in [0, 0.1) is 16.7 Å². The molecule has 32 heavy (non-hydrogen) atoms. The van der Waals surface area contributed by atoms with Crippen LogP contribution in [-0.4, -0.2) is 46.0 Å². The summed E-state index contributed by atoms with van der Waals surface area (Å²) in [7, 11) is 0. The number of nitriles is 1. The molecule has 2 aliphatic heterocycles. The molecule has 0 unspecified atom stereocenters. The Labute approximate surface area is 191 Å². The SMILES string of the molecule is CCc1cc2c(N3CCC4(CC3)CN(Cc3ccc5cc(C#N)[nH]c5c3)C4)ncnc2s1. The van der Waals surface area contributed by atoms with E-state index in [0.29, 0.717) is 11.1 Å². The lowest BCUT2D eigenvalue weighted by atomic mass is 9.72. The second kappa shape index (κ2) is 7.58. The van der Waals surface area contributed by atoms with E-state index in [1.165, 1.54) is 41.8 Å². The molecule has 0 aliphatic carbocycles. The van der Waals surface area contributed by atoms with E-state index in [4.69, 9.17) is 5.26 Å². The third-order valence-electron chi connectivity index (χ3n) is 7.16. The van der Waals surface area contributed by atoms with Gasteiger partial charge in [-0.2, -0.15) is 5.26 Å². The van der Waals surface area contributed by atoms with Gasteiger partial charge in [0.2, 0.25) is 0 Å². The molecule has 2 fully saturated rings. The second-order valence-corrected chi connectivity index (χ2v) is 10.4. The van der Waals surface area contributed by atoms with Gasteiger partial charge in [-0.05, 0) is 48.4 Å². The van der Waals surface area contributed by atoms with Gasteiger partial charge in [-0.15, -0.1) is 11.3 Å². The summed E-state index contributed by atoms with van der Waals surface area (Å²) < 4.78 is 0. The Morgan fingerprint density at radius 2 is 2.00 bits per heavy atom. The van der Waals surface area contributed by atoms with Gasteiger partial charge >= 0.3 is 0 Å². The van der Waals surface area contributed by atoms with Crippen molar-refractivity contribution in [2.75, 3.05) is 31.1 Å². The smallest absolute Gasteiger partial charge is 0.140 e. The number of likely N-dealkylation sites (tertiary alicyclic amines) is 1. The molecule has 4 aromatic rings. The molecule has 1 spiro atoms. The summed E-state index contributed by atoms with van der Waals surface area (Å²) in [5, 5.41) is 11.4. The zero-order valence-electron chi connectivity index (χ0n) is 18.3. The minimum atomic E-state index is 0.455. The Morgan fingerprint density at radius 3 is 2.78 bits per heavy atom. The Kier molecular flexibility index (Phi) is 4.67. The number of fused-ring (bicyclic) bond motifs is 2. The molecule has 0 radical (unpaired) electrons. The van der Waals surface area contributed by atoms with E-state index in [1.807, 2.05) is 6.07 Å². The number of rotatable bonds is 4. The number of hydrogen-bond acceptors (Lipinski definition) is 6. The van der Waals surface area contributed by atoms with E-state index in [-0.39, 0.29) is 0 Å². The van der Waals surface area contributed by atoms with Gasteiger partial charge in [0.15, 0.2) is 0 Å². The van der Waals surface area contributed by atoms with Crippen LogP contribution in [0.2, 0.25) is 0 Å². The summed E-state index contributed by atoms with van der Waals surface area (Å²) in [5.74, 6) is 1.12. The number of H-pyrrole nitrogens is 1. The molecular formula is C25H26N6S. The number of thiophene rings is 1. The summed E-state index contributed by atoms with van der Waals surface area (Å²) in [5.41, 5.74) is 3.44. The van der Waals surface area contributed by atoms with Crippen molar-refractivity contribution in [3.05, 3.63) is 52.8 Å². The Balaban J connectivity index is 1.09. The van der Waals surface area contributed by atoms with E-state index in [9.17, 15) is 0 Å². The highest BCUT2D eigenvalue weighted by molar-refractivity contribution is 7.18. The van der Waals surface area contributed by atoms with E-state index in [2.05, 4.69) is 62.0 Å². The van der Waals surface area contributed by atoms with Gasteiger partial charge in [-0.3, -0.25) is 4.90 Å². The van der Waals surface area contributed by atoms with Crippen LogP contribution in [0.25, 0.3) is 21.1 Å². The normalized spacial score (nSPS) is 18.3. The van der Waals surface area contributed by atoms with E-state index < -0.39 is 0 Å². The third-order valence-corrected chi connectivity index (χ3v) is 8.35. The molecule has 0 saturated carbocycles. The maximum atomic E-state index is 9.10. The number of hydrogen-bond donors (Lipinski definition) is 1. The number of benzene rings is 1. The molecular weight excluding hydrogens is 416 g/mol. The fourth-order valence-electron chi connectivity index (χ4n) is 5.43. The third kappa shape index (κ3) is 3.35. The van der Waals surface area contributed by atoms with Crippen molar-refractivity contribution in [2.24, 2.45) is 5.41 Å². The molecule has 0 amide bonds. The molecule has 1 N–H and O–H groups in total. The predicted molar refractivity (Wildman–Crippen MR) is 129 cm³/mol. The summed E-state index contributed by atoms with van der Waals surface area (Å²) in [4.78, 5) is 19.9. The molecule has 3 aromatic heterocycles. The summed E-state index contributed by atoms with van der Waals surface area (Å²) in [6, 6.07) is 12.9. The van der Waals surface area contributed by atoms with Crippen LogP contribution >= 0.6 is 11.3 Å². The van der Waals surface area contributed by atoms with Crippen LogP contribution in [0.3, 0.4) is 0 Å². The number of nitrogens with one attached hydrogen (secondary N) is 1. The molecule has 162 valence electrons. The monoisotopic (exact) mass is 442 g/mol. The first-order valence-electron chi connectivity index (χ1n) is 11.4. The Bertz CT molecular complexity index is 1330. The van der Waals surface area contributed by atoms with Crippen LogP contribution in [0.1, 0.15) is 35.9 Å². The van der Waals surface area contributed by atoms with Gasteiger partial charge in [0.25, 0.3) is 0 Å². The highest BCUT2D eigenvalue weighted by atomic mass is 32.1. The van der Waals surface area contributed by atoms with Crippen molar-refractivity contribution in [1.29, 1.82) is 5.26 Å². The maximum Gasteiger partial charge on any atom is 0.140 e. The highest BCUT2D eigenvalue weighted by Gasteiger charge is 2.44. The molecule has 6 rings (SSSR count). The van der Waals surface area contributed by atoms with Gasteiger partial charge < -0.3 is 9.88 Å². The highest BCUT2D eigenvalue weighted by Crippen LogP contribution is 2.43. The first-order valence-corrected chi connectivity index (χ1v) is 12.2. The average molecular weight is 443 g/mol. The molecule has 0 bridgehead atoms. The quantitative estimate of drug-likeness (QED) is 0.496. The topological polar surface area (TPSA) is 71.8 Å². The first-order chi connectivity index (χ1) is 15.6. The molecule has 2 saturated heterocycles. The number of aromatic nitrogens is 3. The van der Waals surface area contributed by atoms with Crippen molar-refractivity contribution >= 4 is 38.3 Å². The van der Waals surface area contributed by atoms with E-state index >= 15 is 0 Å². The van der Waals surface area contributed by atoms with Gasteiger partial charge in [0.1, 0.15) is 28.7 Å². The molecule has 2 aliphatic rings. The second-order valence-electron chi connectivity index (χ2n) is 9.33. The maximum absolute atomic E-state index is 9.10. The number of piperidine rings is 1. The Morgan fingerprint density at radius 1 is 1.16 bits per heavy atom. The molecule has 7 heteroatoms. The summed E-state index contributed by atoms with van der Waals surface area (Å²) in [6.07, 6.45) is 5.22. The molecule has 6 nitrogen and oxygen atoms in total. The van der Waals surface area contributed by atoms with Gasteiger partial charge in [-0.25, -0.2) is 9.97 Å². The van der Waals surface area contributed by atoms with Gasteiger partial charge in [-0.1, -0.05) is 19.1 Å². The van der Waals surface area contributed by atoms with Crippen LogP contribution in [0.4, 0.5) is 5.82 Å². The summed E-state index contributed by atoms with van der Waals surface area (Å²) >= 11 is 1.79. The Hall–Kier alpha value is -2.95. The molecule has 1 aromatic carbocycles. The minimum absolute atomic E-state index is 0.455. The van der Waals surface area contributed by atoms with Crippen LogP contribution in [0.5, 0.6) is 0 Å². The fraction of sp³-hybridized carbons (Fsp3) is 0.400. The average Bonchev–Trinajstić information content (AvgIpc) is 3.41. The van der Waals surface area contributed by atoms with Gasteiger partial charge in [0.05, 0.1) is 5.39 Å². The number of anilines is 1. The van der Waals surface area contributed by atoms with E-state index in [1.54, 1.807) is 17.7 Å². The lowest BCUT2D eigenvalue weighted by Crippen LogP contribution is -2.59. The largest absolute Gasteiger partial charge is 0.356 e. The molecule has 0 atom stereocenters. The number of aryl methyl sites for hydroxylation is 1. The van der Waals surface area contributed by atoms with Crippen LogP contribution in [0.15, 0.2) is 36.7 Å². The number of aromatic amines is 1. The fourth-order valence-corrected chi connectivity index (χ4v) is 6.36. The van der Waals surface area contributed by atoms with Crippen molar-refractivity contribution in [2.45, 2.75) is 32.7 Å². The lowest BCUT2D eigenvalue weighted by Gasteiger charge is -2.54. The van der Waals surface area contributed by atoms with E-state index in [0.717, 1.165) is 47.6 Å². The van der Waals surface area contributed by atoms with Crippen LogP contribution in [-0.2, 0) is 13.0 Å². The van der Waals surface area contributed by atoms with Crippen molar-refractivity contribution in [3.8, 4) is 6.07 Å². The van der Waals surface area contributed by atoms with Crippen molar-refractivity contribution < 1.29 is 0 Å². The minimum Gasteiger partial charge on any atom is -0.356 e. The standard InChI is InChI=1S/C25H26N6S/c1-2-20-11-21-23(27-16-28-24(21)32-20)31-7-5-25(6-8-31)14-30(15-25)13-17-3-4-18-10-19(12-26)29-22(18)9-17/h3-4,9-11,16,29H,2,5-8,13-15H2,1H3. The van der Waals surface area contributed by atoms with Crippen LogP contribution < -0.4 is 4.90 Å². The zero-order valence-corrected chi connectivity index (χ0v) is 19.1. The predicted octanol–water partition coefficient (Wildman–Crippen LogP) is 4.71. The summed E-state index contributed by atoms with van der Waals surface area (Å²) in [6.45, 7) is 7.66. The lowest BCUT2D eigenvalue weighted by molar-refractivity contribution is -0.0240. The van der Waals surface area contributed by atoms with Crippen molar-refractivity contribution in [3.63, 3.8) is 0 Å². The first kappa shape index (κ1) is 19.7. The van der Waals surface area contributed by atoms with Crippen molar-refractivity contribution in [1.82, 2.24) is 19.9 Å². The zero-order chi connectivity index (χ0) is 21.7. The number of nitrogens with zero attached hydrogens (tertiary/aromatic N) is 5. The molecule has 5 heterocycles.